The Kier molecular flexibility index (Phi) is 3.92. The normalized spacial score (nSPS) is 25.3. The molecular formula is C21H29N3O2. The molecule has 0 bridgehead atoms. The molecule has 3 aliphatic heterocycles. The van der Waals surface area contributed by atoms with E-state index in [9.17, 15) is 4.79 Å². The molecule has 0 spiro atoms. The standard InChI is InChI=1S/C21H29N3O2/c1-12(2)15-8-18-17(24-14(4)20(25)22-19(24)9-26-18)7-16(15)13(3)21(5)10-23(6)11-21/h7-8,12-14H,9-11H2,1-6H3/t13-,14-/m1/s1. The first kappa shape index (κ1) is 17.5. The van der Waals surface area contributed by atoms with Crippen LogP contribution in [0, 0.1) is 5.41 Å². The zero-order chi connectivity index (χ0) is 18.8. The number of rotatable bonds is 3. The lowest BCUT2D eigenvalue weighted by molar-refractivity contribution is -0.117. The summed E-state index contributed by atoms with van der Waals surface area (Å²) in [4.78, 5) is 20.7. The maximum atomic E-state index is 12.1. The van der Waals surface area contributed by atoms with E-state index in [1.54, 1.807) is 0 Å². The number of amides is 1. The third-order valence-electron chi connectivity index (χ3n) is 6.44. The summed E-state index contributed by atoms with van der Waals surface area (Å²) in [6, 6.07) is 4.22. The maximum Gasteiger partial charge on any atom is 0.270 e. The first-order chi connectivity index (χ1) is 12.2. The van der Waals surface area contributed by atoms with Crippen LogP contribution in [0.15, 0.2) is 17.1 Å². The average Bonchev–Trinajstić information content (AvgIpc) is 2.86. The van der Waals surface area contributed by atoms with Crippen molar-refractivity contribution in [3.63, 3.8) is 0 Å². The molecule has 1 amide bonds. The maximum absolute atomic E-state index is 12.1. The molecule has 0 N–H and O–H groups in total. The van der Waals surface area contributed by atoms with Gasteiger partial charge >= 0.3 is 0 Å². The number of hydrogen-bond acceptors (Lipinski definition) is 4. The van der Waals surface area contributed by atoms with Gasteiger partial charge in [0.1, 0.15) is 18.4 Å². The molecule has 1 aromatic rings. The van der Waals surface area contributed by atoms with Crippen LogP contribution in [0.4, 0.5) is 5.69 Å². The summed E-state index contributed by atoms with van der Waals surface area (Å²) in [6.07, 6.45) is 0. The summed E-state index contributed by atoms with van der Waals surface area (Å²) in [5, 5.41) is 0. The van der Waals surface area contributed by atoms with Crippen LogP contribution in [-0.2, 0) is 4.79 Å². The van der Waals surface area contributed by atoms with Gasteiger partial charge in [-0.05, 0) is 54.5 Å². The second-order valence-electron chi connectivity index (χ2n) is 8.85. The van der Waals surface area contributed by atoms with Crippen molar-refractivity contribution in [2.24, 2.45) is 10.4 Å². The molecule has 3 heterocycles. The minimum absolute atomic E-state index is 0.0773. The highest BCUT2D eigenvalue weighted by molar-refractivity contribution is 6.16. The summed E-state index contributed by atoms with van der Waals surface area (Å²) >= 11 is 0. The van der Waals surface area contributed by atoms with Gasteiger partial charge in [0.2, 0.25) is 0 Å². The molecule has 0 aliphatic carbocycles. The highest BCUT2D eigenvalue weighted by Gasteiger charge is 2.44. The highest BCUT2D eigenvalue weighted by atomic mass is 16.5. The van der Waals surface area contributed by atoms with Crippen molar-refractivity contribution < 1.29 is 9.53 Å². The van der Waals surface area contributed by atoms with E-state index in [4.69, 9.17) is 4.74 Å². The van der Waals surface area contributed by atoms with Crippen molar-refractivity contribution in [1.29, 1.82) is 0 Å². The molecule has 140 valence electrons. The number of carbonyl (C=O) groups excluding carboxylic acids is 1. The second kappa shape index (κ2) is 5.81. The van der Waals surface area contributed by atoms with E-state index >= 15 is 0 Å². The van der Waals surface area contributed by atoms with Crippen LogP contribution in [0.1, 0.15) is 57.6 Å². The molecule has 3 aliphatic rings. The van der Waals surface area contributed by atoms with Crippen LogP contribution in [0.25, 0.3) is 0 Å². The Labute approximate surface area is 156 Å². The number of ether oxygens (including phenoxy) is 1. The molecule has 2 atom stereocenters. The number of amidine groups is 1. The first-order valence-electron chi connectivity index (χ1n) is 9.61. The fourth-order valence-corrected chi connectivity index (χ4v) is 4.82. The van der Waals surface area contributed by atoms with E-state index in [0.717, 1.165) is 30.4 Å². The lowest BCUT2D eigenvalue weighted by Gasteiger charge is -2.51. The lowest BCUT2D eigenvalue weighted by Crippen LogP contribution is -2.55. The summed E-state index contributed by atoms with van der Waals surface area (Å²) in [6.45, 7) is 13.7. The molecule has 0 unspecified atom stereocenters. The molecule has 1 fully saturated rings. The van der Waals surface area contributed by atoms with Crippen molar-refractivity contribution in [2.45, 2.75) is 52.5 Å². The topological polar surface area (TPSA) is 45.1 Å². The molecule has 1 saturated heterocycles. The van der Waals surface area contributed by atoms with E-state index in [1.807, 2.05) is 6.92 Å². The smallest absolute Gasteiger partial charge is 0.270 e. The number of anilines is 1. The van der Waals surface area contributed by atoms with Gasteiger partial charge in [0.15, 0.2) is 5.84 Å². The largest absolute Gasteiger partial charge is 0.483 e. The summed E-state index contributed by atoms with van der Waals surface area (Å²) in [5.74, 6) is 2.40. The Hall–Kier alpha value is -1.88. The van der Waals surface area contributed by atoms with Crippen LogP contribution in [0.2, 0.25) is 0 Å². The van der Waals surface area contributed by atoms with Crippen molar-refractivity contribution in [2.75, 3.05) is 31.6 Å². The number of carbonyl (C=O) groups is 1. The molecule has 4 rings (SSSR count). The zero-order valence-corrected chi connectivity index (χ0v) is 16.7. The number of fused-ring (bicyclic) bond motifs is 3. The zero-order valence-electron chi connectivity index (χ0n) is 16.7. The summed E-state index contributed by atoms with van der Waals surface area (Å²) in [7, 11) is 2.18. The Balaban J connectivity index is 1.81. The van der Waals surface area contributed by atoms with Crippen molar-refractivity contribution >= 4 is 17.4 Å². The monoisotopic (exact) mass is 355 g/mol. The van der Waals surface area contributed by atoms with Crippen LogP contribution in [-0.4, -0.2) is 49.4 Å². The van der Waals surface area contributed by atoms with Gasteiger partial charge in [0.05, 0.1) is 5.69 Å². The van der Waals surface area contributed by atoms with Crippen LogP contribution in [0.3, 0.4) is 0 Å². The van der Waals surface area contributed by atoms with Gasteiger partial charge < -0.3 is 14.5 Å². The van der Waals surface area contributed by atoms with E-state index in [0.29, 0.717) is 18.4 Å². The van der Waals surface area contributed by atoms with E-state index in [-0.39, 0.29) is 17.4 Å². The van der Waals surface area contributed by atoms with Crippen molar-refractivity contribution in [3.8, 4) is 5.75 Å². The number of nitrogens with zero attached hydrogens (tertiary/aromatic N) is 3. The summed E-state index contributed by atoms with van der Waals surface area (Å²) < 4.78 is 5.97. The Morgan fingerprint density at radius 3 is 2.54 bits per heavy atom. The lowest BCUT2D eigenvalue weighted by atomic mass is 9.67. The predicted octanol–water partition coefficient (Wildman–Crippen LogP) is 3.39. The molecule has 0 aromatic heterocycles. The van der Waals surface area contributed by atoms with Gasteiger partial charge in [0.25, 0.3) is 5.91 Å². The minimum atomic E-state index is -0.244. The van der Waals surface area contributed by atoms with Gasteiger partial charge in [-0.15, -0.1) is 0 Å². The summed E-state index contributed by atoms with van der Waals surface area (Å²) in [5.41, 5.74) is 4.01. The van der Waals surface area contributed by atoms with E-state index in [1.165, 1.54) is 11.1 Å². The van der Waals surface area contributed by atoms with Crippen molar-refractivity contribution in [3.05, 3.63) is 23.3 Å². The van der Waals surface area contributed by atoms with E-state index in [2.05, 4.69) is 61.7 Å². The first-order valence-corrected chi connectivity index (χ1v) is 9.61. The van der Waals surface area contributed by atoms with Gasteiger partial charge in [-0.25, -0.2) is 0 Å². The van der Waals surface area contributed by atoms with Crippen LogP contribution in [0.5, 0.6) is 5.75 Å². The SMILES string of the molecule is CC(C)c1cc2c(cc1[C@@H](C)C1(C)CN(C)C1)N1C(=NC(=O)[C@H]1C)CO2. The molecule has 5 nitrogen and oxygen atoms in total. The average molecular weight is 355 g/mol. The number of aliphatic imine (C=N–C) groups is 1. The molecule has 1 aromatic carbocycles. The van der Waals surface area contributed by atoms with Crippen LogP contribution >= 0.6 is 0 Å². The third kappa shape index (κ3) is 2.48. The Bertz CT molecular complexity index is 793. The third-order valence-corrected chi connectivity index (χ3v) is 6.44. The molecule has 0 radical (unpaired) electrons. The molecule has 5 heteroatoms. The number of benzene rings is 1. The van der Waals surface area contributed by atoms with Crippen LogP contribution < -0.4 is 9.64 Å². The predicted molar refractivity (Wildman–Crippen MR) is 104 cm³/mol. The fourth-order valence-electron chi connectivity index (χ4n) is 4.82. The molecule has 26 heavy (non-hydrogen) atoms. The highest BCUT2D eigenvalue weighted by Crippen LogP contribution is 2.48. The Morgan fingerprint density at radius 1 is 1.23 bits per heavy atom. The second-order valence-corrected chi connectivity index (χ2v) is 8.85. The van der Waals surface area contributed by atoms with Crippen molar-refractivity contribution in [1.82, 2.24) is 4.90 Å². The molecule has 0 saturated carbocycles. The van der Waals surface area contributed by atoms with Gasteiger partial charge in [0, 0.05) is 13.1 Å². The quantitative estimate of drug-likeness (QED) is 0.834. The fraction of sp³-hybridized carbons (Fsp3) is 0.619. The van der Waals surface area contributed by atoms with Gasteiger partial charge in [-0.1, -0.05) is 27.7 Å². The molecular weight excluding hydrogens is 326 g/mol. The number of hydrogen-bond donors (Lipinski definition) is 0. The Morgan fingerprint density at radius 2 is 1.92 bits per heavy atom. The number of likely N-dealkylation sites (tertiary alicyclic amines) is 1. The van der Waals surface area contributed by atoms with Gasteiger partial charge in [-0.3, -0.25) is 4.79 Å². The minimum Gasteiger partial charge on any atom is -0.483 e. The van der Waals surface area contributed by atoms with Gasteiger partial charge in [-0.2, -0.15) is 4.99 Å². The van der Waals surface area contributed by atoms with E-state index < -0.39 is 0 Å².